The third-order valence-corrected chi connectivity index (χ3v) is 9.89. The van der Waals surface area contributed by atoms with E-state index in [0.717, 1.165) is 82.6 Å². The maximum absolute atomic E-state index is 9.83. The number of nitrogens with two attached hydrogens (primary N) is 2. The van der Waals surface area contributed by atoms with Crippen molar-refractivity contribution >= 4 is 58.7 Å². The summed E-state index contributed by atoms with van der Waals surface area (Å²) in [6, 6.07) is 18.3. The zero-order valence-electron chi connectivity index (χ0n) is 24.8. The van der Waals surface area contributed by atoms with Crippen LogP contribution in [0.1, 0.15) is 51.4 Å². The first-order valence-corrected chi connectivity index (χ1v) is 17.1. The first-order valence-electron chi connectivity index (χ1n) is 15.1. The van der Waals surface area contributed by atoms with Gasteiger partial charge in [-0.15, -0.1) is 0 Å². The average molecular weight is 667 g/mol. The Kier molecular flexibility index (Phi) is 12.0. The van der Waals surface area contributed by atoms with Crippen LogP contribution in [0, 0.1) is 0 Å². The summed E-state index contributed by atoms with van der Waals surface area (Å²) in [5, 5.41) is 27.0. The molecule has 0 amide bonds. The second-order valence-corrected chi connectivity index (χ2v) is 13.8. The number of aliphatic hydroxyl groups excluding tert-OH is 2. The summed E-state index contributed by atoms with van der Waals surface area (Å²) >= 11 is 9.10. The van der Waals surface area contributed by atoms with Crippen LogP contribution in [0.2, 0.25) is 5.02 Å². The molecule has 2 aromatic carbocycles. The number of aliphatic hydroxyl groups is 2. The van der Waals surface area contributed by atoms with Crippen molar-refractivity contribution in [1.29, 1.82) is 0 Å². The molecule has 13 heteroatoms. The molecular formula is C32H39ClN8O2S2. The van der Waals surface area contributed by atoms with Gasteiger partial charge in [-0.25, -0.2) is 9.97 Å². The molecule has 0 radical (unpaired) electrons. The molecule has 10 nitrogen and oxygen atoms in total. The van der Waals surface area contributed by atoms with Crippen molar-refractivity contribution in [3.63, 3.8) is 0 Å². The van der Waals surface area contributed by atoms with Gasteiger partial charge in [0.25, 0.3) is 0 Å². The number of hydrogen-bond donors (Lipinski definition) is 6. The van der Waals surface area contributed by atoms with Crippen LogP contribution in [0.5, 0.6) is 0 Å². The molecule has 6 rings (SSSR count). The fourth-order valence-electron chi connectivity index (χ4n) is 5.27. The molecule has 0 saturated heterocycles. The molecule has 2 heterocycles. The molecule has 0 aliphatic heterocycles. The van der Waals surface area contributed by atoms with Crippen molar-refractivity contribution in [3.05, 3.63) is 72.0 Å². The highest BCUT2D eigenvalue weighted by atomic mass is 35.5. The quantitative estimate of drug-likeness (QED) is 0.121. The van der Waals surface area contributed by atoms with Gasteiger partial charge in [0.2, 0.25) is 11.9 Å². The number of rotatable bonds is 8. The number of halogens is 1. The van der Waals surface area contributed by atoms with E-state index in [4.69, 9.17) is 23.1 Å². The molecule has 2 saturated carbocycles. The molecular weight excluding hydrogens is 628 g/mol. The van der Waals surface area contributed by atoms with Crippen molar-refractivity contribution in [2.45, 2.75) is 95.2 Å². The summed E-state index contributed by atoms with van der Waals surface area (Å²) in [7, 11) is 0. The summed E-state index contributed by atoms with van der Waals surface area (Å²) in [6.07, 6.45) is 10.3. The largest absolute Gasteiger partial charge is 0.393 e. The van der Waals surface area contributed by atoms with Crippen molar-refractivity contribution < 1.29 is 10.2 Å². The third-order valence-electron chi connectivity index (χ3n) is 7.59. The minimum Gasteiger partial charge on any atom is -0.393 e. The summed E-state index contributed by atoms with van der Waals surface area (Å²) < 4.78 is 0. The average Bonchev–Trinajstić information content (AvgIpc) is 3.03. The number of benzene rings is 2. The van der Waals surface area contributed by atoms with E-state index in [-0.39, 0.29) is 30.1 Å². The molecule has 2 aliphatic rings. The van der Waals surface area contributed by atoms with Gasteiger partial charge in [0, 0.05) is 39.3 Å². The maximum atomic E-state index is 9.83. The monoisotopic (exact) mass is 666 g/mol. The predicted octanol–water partition coefficient (Wildman–Crippen LogP) is 6.50. The van der Waals surface area contributed by atoms with Gasteiger partial charge in [0.15, 0.2) is 0 Å². The van der Waals surface area contributed by atoms with Gasteiger partial charge < -0.3 is 32.3 Å². The molecule has 2 aromatic heterocycles. The van der Waals surface area contributed by atoms with Crippen LogP contribution in [-0.4, -0.2) is 54.4 Å². The predicted molar refractivity (Wildman–Crippen MR) is 183 cm³/mol. The molecule has 8 N–H and O–H groups in total. The molecule has 0 bridgehead atoms. The van der Waals surface area contributed by atoms with Crippen LogP contribution < -0.4 is 22.1 Å². The van der Waals surface area contributed by atoms with Gasteiger partial charge in [-0.3, -0.25) is 0 Å². The standard InChI is InChI=1S/C16H19ClN4OS.C16H20N4OS/c17-10-4-6-13(7-5-10)23-14-9-19-16(18)21-15(14)20-11-2-1-3-12(22)8-11;17-16-18-10-14(22-13-4-2-1-3-5-13)15(20-16)19-11-6-8-12(21)9-7-11/h4-7,9,11-12,22H,1-3,8H2,(H3,18,19,20,21);1-5,10-12,21H,6-9H2,(H3,17,18,19,20)/t11-,12-;/m0./s1. The number of anilines is 4. The summed E-state index contributed by atoms with van der Waals surface area (Å²) in [5.41, 5.74) is 11.5. The molecule has 45 heavy (non-hydrogen) atoms. The Hall–Kier alpha value is -3.29. The van der Waals surface area contributed by atoms with Crippen molar-refractivity contribution in [2.24, 2.45) is 0 Å². The minimum atomic E-state index is -0.243. The van der Waals surface area contributed by atoms with Crippen LogP contribution >= 0.6 is 35.1 Å². The lowest BCUT2D eigenvalue weighted by molar-refractivity contribution is 0.124. The van der Waals surface area contributed by atoms with Crippen LogP contribution in [-0.2, 0) is 0 Å². The fraction of sp³-hybridized carbons (Fsp3) is 0.375. The van der Waals surface area contributed by atoms with Crippen LogP contribution in [0.15, 0.2) is 86.6 Å². The van der Waals surface area contributed by atoms with E-state index in [1.807, 2.05) is 42.5 Å². The first kappa shape index (κ1) is 33.1. The number of nitrogens with zero attached hydrogens (tertiary/aromatic N) is 4. The van der Waals surface area contributed by atoms with E-state index in [9.17, 15) is 10.2 Å². The molecule has 2 aliphatic carbocycles. The molecule has 0 spiro atoms. The van der Waals surface area contributed by atoms with E-state index < -0.39 is 0 Å². The van der Waals surface area contributed by atoms with E-state index in [1.54, 1.807) is 35.9 Å². The van der Waals surface area contributed by atoms with E-state index in [2.05, 4.69) is 42.7 Å². The smallest absolute Gasteiger partial charge is 0.221 e. The van der Waals surface area contributed by atoms with Gasteiger partial charge in [0.05, 0.1) is 22.0 Å². The summed E-state index contributed by atoms with van der Waals surface area (Å²) in [5.74, 6) is 2.01. The van der Waals surface area contributed by atoms with Gasteiger partial charge in [-0.05, 0) is 87.8 Å². The lowest BCUT2D eigenvalue weighted by atomic mass is 9.93. The van der Waals surface area contributed by atoms with Crippen LogP contribution in [0.4, 0.5) is 23.5 Å². The second kappa shape index (κ2) is 16.3. The van der Waals surface area contributed by atoms with Gasteiger partial charge in [0.1, 0.15) is 11.6 Å². The highest BCUT2D eigenvalue weighted by Crippen LogP contribution is 2.35. The van der Waals surface area contributed by atoms with Gasteiger partial charge in [-0.1, -0.05) is 53.3 Å². The summed E-state index contributed by atoms with van der Waals surface area (Å²) in [6.45, 7) is 0. The normalized spacial score (nSPS) is 21.3. The van der Waals surface area contributed by atoms with Crippen molar-refractivity contribution in [3.8, 4) is 0 Å². The van der Waals surface area contributed by atoms with E-state index >= 15 is 0 Å². The van der Waals surface area contributed by atoms with Gasteiger partial charge in [-0.2, -0.15) is 9.97 Å². The number of nitrogen functional groups attached to an aromatic ring is 2. The maximum Gasteiger partial charge on any atom is 0.221 e. The Morgan fingerprint density at radius 2 is 1.22 bits per heavy atom. The first-order chi connectivity index (χ1) is 21.8. The Morgan fingerprint density at radius 3 is 1.80 bits per heavy atom. The number of nitrogens with one attached hydrogen (secondary N) is 2. The van der Waals surface area contributed by atoms with Crippen LogP contribution in [0.25, 0.3) is 0 Å². The number of aromatic nitrogens is 4. The van der Waals surface area contributed by atoms with E-state index in [1.165, 1.54) is 0 Å². The SMILES string of the molecule is Nc1ncc(Sc2ccc(Cl)cc2)c(N[C@H]2CCC[C@H](O)C2)n1.Nc1ncc(Sc2ccccc2)c(NC2CCC(O)CC2)n1. The van der Waals surface area contributed by atoms with Crippen molar-refractivity contribution in [1.82, 2.24) is 19.9 Å². The highest BCUT2D eigenvalue weighted by molar-refractivity contribution is 7.99. The zero-order valence-corrected chi connectivity index (χ0v) is 27.2. The second-order valence-electron chi connectivity index (χ2n) is 11.2. The Bertz CT molecular complexity index is 1510. The molecule has 2 atom stereocenters. The third kappa shape index (κ3) is 10.4. The Labute approximate surface area is 277 Å². The topological polar surface area (TPSA) is 168 Å². The lowest BCUT2D eigenvalue weighted by Crippen LogP contribution is -2.30. The molecule has 238 valence electrons. The Balaban J connectivity index is 0.000000178. The lowest BCUT2D eigenvalue weighted by Gasteiger charge is -2.27. The minimum absolute atomic E-state index is 0.160. The zero-order chi connectivity index (χ0) is 31.6. The van der Waals surface area contributed by atoms with Gasteiger partial charge >= 0.3 is 0 Å². The number of hydrogen-bond acceptors (Lipinski definition) is 12. The molecule has 0 unspecified atom stereocenters. The molecule has 2 fully saturated rings. The highest BCUT2D eigenvalue weighted by Gasteiger charge is 2.22. The van der Waals surface area contributed by atoms with E-state index in [0.29, 0.717) is 11.1 Å². The molecule has 4 aromatic rings. The fourth-order valence-corrected chi connectivity index (χ4v) is 7.08. The summed E-state index contributed by atoms with van der Waals surface area (Å²) in [4.78, 5) is 20.9. The van der Waals surface area contributed by atoms with Crippen molar-refractivity contribution in [2.75, 3.05) is 22.1 Å². The van der Waals surface area contributed by atoms with Crippen LogP contribution in [0.3, 0.4) is 0 Å². The Morgan fingerprint density at radius 1 is 0.667 bits per heavy atom.